The van der Waals surface area contributed by atoms with Gasteiger partial charge in [-0.2, -0.15) is 0 Å². The second-order valence-electron chi connectivity index (χ2n) is 13.3. The molecule has 2 saturated heterocycles. The fourth-order valence-corrected chi connectivity index (χ4v) is 19.0. The van der Waals surface area contributed by atoms with Crippen LogP contribution >= 0.6 is 29.5 Å². The largest absolute Gasteiger partial charge is 0.331 e. The zero-order chi connectivity index (χ0) is 34.9. The van der Waals surface area contributed by atoms with Crippen molar-refractivity contribution in [1.29, 1.82) is 0 Å². The van der Waals surface area contributed by atoms with Crippen molar-refractivity contribution in [2.75, 3.05) is 51.1 Å². The molecule has 0 aromatic heterocycles. The van der Waals surface area contributed by atoms with E-state index in [4.69, 9.17) is 18.1 Å². The molecule has 12 heteroatoms. The van der Waals surface area contributed by atoms with Gasteiger partial charge in [-0.15, -0.1) is 0 Å². The van der Waals surface area contributed by atoms with E-state index in [0.717, 1.165) is 32.9 Å². The Bertz CT molecular complexity index is 1850. The molecule has 2 fully saturated rings. The van der Waals surface area contributed by atoms with Crippen LogP contribution in [-0.4, -0.2) is 51.1 Å². The Morgan fingerprint density at radius 1 is 0.510 bits per heavy atom. The van der Waals surface area contributed by atoms with Crippen LogP contribution in [-0.2, 0) is 36.4 Å². The molecule has 2 aliphatic heterocycles. The molecule has 0 atom stereocenters. The van der Waals surface area contributed by atoms with Crippen LogP contribution in [0.4, 0.5) is 0 Å². The SMILES string of the molecule is Cc1cccc(C)c1P(=O)(CCP1(=O)OCC2(COP(=O)(CCP(=O)(c3ccccc3)c3ccccc3)OC2)CO1)c1c(C)cccc1C. The predicted molar refractivity (Wildman–Crippen MR) is 199 cm³/mol. The minimum atomic E-state index is -3.63. The third-order valence-corrected chi connectivity index (χ3v) is 20.8. The van der Waals surface area contributed by atoms with Crippen molar-refractivity contribution in [3.63, 3.8) is 0 Å². The summed E-state index contributed by atoms with van der Waals surface area (Å²) < 4.78 is 81.1. The lowest BCUT2D eigenvalue weighted by molar-refractivity contribution is -0.0680. The minimum absolute atomic E-state index is 0.0175. The van der Waals surface area contributed by atoms with Gasteiger partial charge < -0.3 is 27.2 Å². The van der Waals surface area contributed by atoms with Crippen LogP contribution in [0.25, 0.3) is 0 Å². The minimum Gasteiger partial charge on any atom is -0.314 e. The van der Waals surface area contributed by atoms with Crippen LogP contribution in [0.5, 0.6) is 0 Å². The topological polar surface area (TPSA) is 105 Å². The number of aryl methyl sites for hydroxylation is 4. The Labute approximate surface area is 289 Å². The average molecular weight is 741 g/mol. The van der Waals surface area contributed by atoms with E-state index < -0.39 is 34.9 Å². The van der Waals surface area contributed by atoms with E-state index in [1.165, 1.54) is 0 Å². The first kappa shape index (κ1) is 36.4. The number of benzene rings is 4. The summed E-state index contributed by atoms with van der Waals surface area (Å²) in [6.07, 6.45) is 0.209. The molecule has 0 bridgehead atoms. The Kier molecular flexibility index (Phi) is 10.7. The van der Waals surface area contributed by atoms with Crippen molar-refractivity contribution < 1.29 is 36.4 Å². The summed E-state index contributed by atoms with van der Waals surface area (Å²) in [4.78, 5) is 0. The molecule has 0 radical (unpaired) electrons. The first-order valence-corrected chi connectivity index (χ1v) is 23.7. The van der Waals surface area contributed by atoms with E-state index in [1.807, 2.05) is 125 Å². The van der Waals surface area contributed by atoms with Gasteiger partial charge in [0.05, 0.1) is 44.2 Å². The van der Waals surface area contributed by atoms with Gasteiger partial charge in [0.25, 0.3) is 0 Å². The van der Waals surface area contributed by atoms with Gasteiger partial charge >= 0.3 is 15.2 Å². The van der Waals surface area contributed by atoms with Crippen molar-refractivity contribution >= 4 is 50.7 Å². The molecule has 0 saturated carbocycles. The molecular formula is C37H44O8P4. The lowest BCUT2D eigenvalue weighted by Crippen LogP contribution is -2.46. The lowest BCUT2D eigenvalue weighted by Gasteiger charge is -2.43. The van der Waals surface area contributed by atoms with Crippen molar-refractivity contribution in [1.82, 2.24) is 0 Å². The van der Waals surface area contributed by atoms with Gasteiger partial charge in [-0.25, -0.2) is 0 Å². The van der Waals surface area contributed by atoms with Gasteiger partial charge in [0.2, 0.25) is 0 Å². The van der Waals surface area contributed by atoms with E-state index in [-0.39, 0.29) is 51.1 Å². The first-order chi connectivity index (χ1) is 23.3. The van der Waals surface area contributed by atoms with E-state index >= 15 is 4.57 Å². The molecule has 0 aliphatic carbocycles. The molecule has 0 amide bonds. The van der Waals surface area contributed by atoms with Crippen molar-refractivity contribution in [3.8, 4) is 0 Å². The number of rotatable bonds is 10. The second kappa shape index (κ2) is 14.3. The summed E-state index contributed by atoms with van der Waals surface area (Å²) in [7, 11) is -13.6. The van der Waals surface area contributed by atoms with Crippen LogP contribution in [0.3, 0.4) is 0 Å². The quantitative estimate of drug-likeness (QED) is 0.152. The van der Waals surface area contributed by atoms with E-state index in [9.17, 15) is 13.7 Å². The molecule has 8 nitrogen and oxygen atoms in total. The van der Waals surface area contributed by atoms with Gasteiger partial charge in [0, 0.05) is 33.5 Å². The molecule has 1 spiro atoms. The third-order valence-electron chi connectivity index (χ3n) is 9.60. The van der Waals surface area contributed by atoms with Crippen molar-refractivity contribution in [3.05, 3.63) is 119 Å². The van der Waals surface area contributed by atoms with Gasteiger partial charge in [0.1, 0.15) is 14.3 Å². The van der Waals surface area contributed by atoms with E-state index in [1.54, 1.807) is 0 Å². The predicted octanol–water partition coefficient (Wildman–Crippen LogP) is 7.71. The first-order valence-electron chi connectivity index (χ1n) is 16.5. The lowest BCUT2D eigenvalue weighted by atomic mass is 9.93. The molecule has 2 aliphatic rings. The standard InChI is InChI=1S/C37H44O8P4/c1-29-13-11-14-30(2)35(29)47(39,36-31(3)15-12-16-32(36)4)22-24-49(41)44-27-37(28-45-49)25-42-48(40,43-26-37)23-21-46(38,33-17-7-5-8-18-33)34-19-9-6-10-20-34/h5-20H,21-28H2,1-4H3. The second-order valence-corrected chi connectivity index (χ2v) is 23.5. The summed E-state index contributed by atoms with van der Waals surface area (Å²) in [5.74, 6) is 0. The van der Waals surface area contributed by atoms with Crippen LogP contribution < -0.4 is 21.2 Å². The highest BCUT2D eigenvalue weighted by Crippen LogP contribution is 2.62. The molecular weight excluding hydrogens is 696 g/mol. The highest BCUT2D eigenvalue weighted by Gasteiger charge is 2.49. The third kappa shape index (κ3) is 7.50. The monoisotopic (exact) mass is 740 g/mol. The Balaban J connectivity index is 1.13. The molecule has 4 aromatic carbocycles. The normalized spacial score (nSPS) is 24.6. The highest BCUT2D eigenvalue weighted by molar-refractivity contribution is 7.80. The fourth-order valence-electron chi connectivity index (χ4n) is 6.88. The summed E-state index contributed by atoms with van der Waals surface area (Å²) in [6.45, 7) is 7.95. The number of hydrogen-bond acceptors (Lipinski definition) is 8. The summed E-state index contributed by atoms with van der Waals surface area (Å²) in [5.41, 5.74) is 2.92. The molecule has 4 aromatic rings. The Morgan fingerprint density at radius 3 is 1.18 bits per heavy atom. The van der Waals surface area contributed by atoms with Gasteiger partial charge in [-0.1, -0.05) is 97.1 Å². The van der Waals surface area contributed by atoms with Gasteiger partial charge in [-0.3, -0.25) is 9.13 Å². The summed E-state index contributed by atoms with van der Waals surface area (Å²) >= 11 is 0. The van der Waals surface area contributed by atoms with Crippen LogP contribution in [0.1, 0.15) is 22.3 Å². The molecule has 2 heterocycles. The maximum absolute atomic E-state index is 15.2. The van der Waals surface area contributed by atoms with Gasteiger partial charge in [-0.05, 0) is 49.9 Å². The van der Waals surface area contributed by atoms with Crippen molar-refractivity contribution in [2.24, 2.45) is 5.41 Å². The highest BCUT2D eigenvalue weighted by atomic mass is 31.2. The maximum atomic E-state index is 15.2. The smallest absolute Gasteiger partial charge is 0.314 e. The van der Waals surface area contributed by atoms with E-state index in [2.05, 4.69) is 0 Å². The zero-order valence-corrected chi connectivity index (χ0v) is 32.0. The Morgan fingerprint density at radius 2 is 0.837 bits per heavy atom. The molecule has 49 heavy (non-hydrogen) atoms. The number of hydrogen-bond donors (Lipinski definition) is 0. The fraction of sp³-hybridized carbons (Fsp3) is 0.351. The molecule has 0 N–H and O–H groups in total. The molecule has 6 rings (SSSR count). The zero-order valence-electron chi connectivity index (χ0n) is 28.4. The Hall–Kier alpha value is -2.36. The van der Waals surface area contributed by atoms with E-state index in [0.29, 0.717) is 10.6 Å². The van der Waals surface area contributed by atoms with Crippen LogP contribution in [0, 0.1) is 33.1 Å². The van der Waals surface area contributed by atoms with Gasteiger partial charge in [0.15, 0.2) is 0 Å². The van der Waals surface area contributed by atoms with Crippen molar-refractivity contribution in [2.45, 2.75) is 27.7 Å². The molecule has 0 unspecified atom stereocenters. The van der Waals surface area contributed by atoms with Crippen LogP contribution in [0.2, 0.25) is 0 Å². The summed E-state index contributed by atoms with van der Waals surface area (Å²) in [6, 6.07) is 30.2. The molecule has 260 valence electrons. The maximum Gasteiger partial charge on any atom is 0.331 e. The average Bonchev–Trinajstić information content (AvgIpc) is 3.10. The van der Waals surface area contributed by atoms with Crippen LogP contribution in [0.15, 0.2) is 97.1 Å². The summed E-state index contributed by atoms with van der Waals surface area (Å²) in [5, 5.41) is 2.96.